The molecule has 76 valence electrons. The van der Waals surface area contributed by atoms with Gasteiger partial charge in [0.2, 0.25) is 0 Å². The van der Waals surface area contributed by atoms with Crippen LogP contribution in [-0.4, -0.2) is 0 Å². The van der Waals surface area contributed by atoms with Crippen molar-refractivity contribution in [3.8, 4) is 0 Å². The molecule has 2 heteroatoms. The predicted octanol–water partition coefficient (Wildman–Crippen LogP) is 4.17. The van der Waals surface area contributed by atoms with Crippen LogP contribution in [0.3, 0.4) is 0 Å². The fourth-order valence-electron chi connectivity index (χ4n) is 1.44. The third kappa shape index (κ3) is 2.41. The van der Waals surface area contributed by atoms with E-state index in [1.54, 1.807) is 0 Å². The normalized spacial score (nSPS) is 11.9. The van der Waals surface area contributed by atoms with E-state index in [9.17, 15) is 8.78 Å². The molecule has 0 radical (unpaired) electrons. The Balaban J connectivity index is 3.11. The van der Waals surface area contributed by atoms with E-state index in [1.165, 1.54) is 12.1 Å². The van der Waals surface area contributed by atoms with Gasteiger partial charge in [-0.05, 0) is 30.5 Å². The maximum Gasteiger partial charge on any atom is 0.133 e. The molecule has 0 heterocycles. The summed E-state index contributed by atoms with van der Waals surface area (Å²) in [5.74, 6) is -1.01. The zero-order valence-corrected chi connectivity index (χ0v) is 8.48. The molecule has 0 atom stereocenters. The summed E-state index contributed by atoms with van der Waals surface area (Å²) in [6.45, 7) is 3.96. The molecule has 0 bridgehead atoms. The number of allylic oxidation sites excluding steroid dienone is 2. The van der Waals surface area contributed by atoms with Crippen molar-refractivity contribution < 1.29 is 8.78 Å². The zero-order chi connectivity index (χ0) is 10.6. The topological polar surface area (TPSA) is 0 Å². The molecule has 0 aliphatic carbocycles. The van der Waals surface area contributed by atoms with Crippen molar-refractivity contribution in [3.63, 3.8) is 0 Å². The van der Waals surface area contributed by atoms with Gasteiger partial charge in [-0.2, -0.15) is 0 Å². The Morgan fingerprint density at radius 3 is 2.50 bits per heavy atom. The summed E-state index contributed by atoms with van der Waals surface area (Å²) in [7, 11) is 0. The van der Waals surface area contributed by atoms with E-state index in [-0.39, 0.29) is 0 Å². The molecule has 0 aliphatic heterocycles. The SMILES string of the molecule is CCC=C(CC)c1ccc(F)cc1F. The van der Waals surface area contributed by atoms with Gasteiger partial charge < -0.3 is 0 Å². The number of hydrogen-bond acceptors (Lipinski definition) is 0. The minimum Gasteiger partial charge on any atom is -0.207 e. The van der Waals surface area contributed by atoms with Crippen LogP contribution in [0.25, 0.3) is 5.57 Å². The summed E-state index contributed by atoms with van der Waals surface area (Å²) in [6, 6.07) is 3.71. The first-order chi connectivity index (χ1) is 6.69. The minimum absolute atomic E-state index is 0.480. The van der Waals surface area contributed by atoms with Crippen molar-refractivity contribution >= 4 is 5.57 Å². The number of rotatable bonds is 3. The van der Waals surface area contributed by atoms with Gasteiger partial charge in [0.05, 0.1) is 0 Å². The monoisotopic (exact) mass is 196 g/mol. The van der Waals surface area contributed by atoms with Crippen LogP contribution in [0.2, 0.25) is 0 Å². The Morgan fingerprint density at radius 2 is 2.00 bits per heavy atom. The van der Waals surface area contributed by atoms with E-state index in [0.29, 0.717) is 5.56 Å². The molecule has 0 aromatic heterocycles. The van der Waals surface area contributed by atoms with Gasteiger partial charge in [-0.3, -0.25) is 0 Å². The van der Waals surface area contributed by atoms with Crippen LogP contribution in [0.1, 0.15) is 32.3 Å². The summed E-state index contributed by atoms with van der Waals surface area (Å²) in [5, 5.41) is 0. The highest BCUT2D eigenvalue weighted by Gasteiger charge is 2.06. The van der Waals surface area contributed by atoms with Crippen molar-refractivity contribution in [1.82, 2.24) is 0 Å². The second-order valence-corrected chi connectivity index (χ2v) is 3.12. The summed E-state index contributed by atoms with van der Waals surface area (Å²) in [5.41, 5.74) is 1.45. The summed E-state index contributed by atoms with van der Waals surface area (Å²) in [4.78, 5) is 0. The second-order valence-electron chi connectivity index (χ2n) is 3.12. The van der Waals surface area contributed by atoms with Crippen molar-refractivity contribution in [2.75, 3.05) is 0 Å². The average Bonchev–Trinajstić information content (AvgIpc) is 2.15. The molecule has 1 rings (SSSR count). The van der Waals surface area contributed by atoms with E-state index in [2.05, 4.69) is 0 Å². The fourth-order valence-corrected chi connectivity index (χ4v) is 1.44. The van der Waals surface area contributed by atoms with E-state index in [4.69, 9.17) is 0 Å². The predicted molar refractivity (Wildman–Crippen MR) is 54.9 cm³/mol. The van der Waals surface area contributed by atoms with Crippen molar-refractivity contribution in [2.24, 2.45) is 0 Å². The Hall–Kier alpha value is -1.18. The number of hydrogen-bond donors (Lipinski definition) is 0. The van der Waals surface area contributed by atoms with Crippen LogP contribution in [-0.2, 0) is 0 Å². The van der Waals surface area contributed by atoms with Gasteiger partial charge >= 0.3 is 0 Å². The van der Waals surface area contributed by atoms with E-state index >= 15 is 0 Å². The molecule has 0 amide bonds. The Kier molecular flexibility index (Phi) is 3.81. The Labute approximate surface area is 83.3 Å². The van der Waals surface area contributed by atoms with Gasteiger partial charge in [-0.25, -0.2) is 8.78 Å². The zero-order valence-electron chi connectivity index (χ0n) is 8.48. The van der Waals surface area contributed by atoms with Crippen LogP contribution in [0.5, 0.6) is 0 Å². The third-order valence-electron chi connectivity index (χ3n) is 2.11. The lowest BCUT2D eigenvalue weighted by Gasteiger charge is -2.06. The molecule has 1 aromatic carbocycles. The first-order valence-electron chi connectivity index (χ1n) is 4.83. The Bertz CT molecular complexity index is 340. The van der Waals surface area contributed by atoms with Crippen molar-refractivity contribution in [3.05, 3.63) is 41.5 Å². The summed E-state index contributed by atoms with van der Waals surface area (Å²) < 4.78 is 26.0. The van der Waals surface area contributed by atoms with Crippen LogP contribution >= 0.6 is 0 Å². The molecule has 0 fully saturated rings. The maximum absolute atomic E-state index is 13.3. The summed E-state index contributed by atoms with van der Waals surface area (Å²) >= 11 is 0. The molecular formula is C12H14F2. The largest absolute Gasteiger partial charge is 0.207 e. The maximum atomic E-state index is 13.3. The van der Waals surface area contributed by atoms with Gasteiger partial charge in [0.1, 0.15) is 11.6 Å². The van der Waals surface area contributed by atoms with Crippen LogP contribution in [0.4, 0.5) is 8.78 Å². The standard InChI is InChI=1S/C12H14F2/c1-3-5-9(4-2)11-7-6-10(13)8-12(11)14/h5-8H,3-4H2,1-2H3. The number of benzene rings is 1. The van der Waals surface area contributed by atoms with E-state index in [1.807, 2.05) is 19.9 Å². The summed E-state index contributed by atoms with van der Waals surface area (Å²) in [6.07, 6.45) is 3.59. The van der Waals surface area contributed by atoms with E-state index < -0.39 is 11.6 Å². The highest BCUT2D eigenvalue weighted by Crippen LogP contribution is 2.22. The molecule has 0 aliphatic rings. The molecule has 0 saturated heterocycles. The van der Waals surface area contributed by atoms with Crippen LogP contribution in [0, 0.1) is 11.6 Å². The molecular weight excluding hydrogens is 182 g/mol. The number of halogens is 2. The fraction of sp³-hybridized carbons (Fsp3) is 0.333. The van der Waals surface area contributed by atoms with Gasteiger partial charge in [-0.15, -0.1) is 0 Å². The van der Waals surface area contributed by atoms with Crippen molar-refractivity contribution in [2.45, 2.75) is 26.7 Å². The highest BCUT2D eigenvalue weighted by molar-refractivity contribution is 5.65. The third-order valence-corrected chi connectivity index (χ3v) is 2.11. The van der Waals surface area contributed by atoms with Gasteiger partial charge in [0, 0.05) is 11.6 Å². The molecule has 0 saturated carbocycles. The first-order valence-corrected chi connectivity index (χ1v) is 4.83. The average molecular weight is 196 g/mol. The molecule has 0 unspecified atom stereocenters. The first kappa shape index (κ1) is 10.9. The van der Waals surface area contributed by atoms with Gasteiger partial charge in [0.25, 0.3) is 0 Å². The van der Waals surface area contributed by atoms with Gasteiger partial charge in [0.15, 0.2) is 0 Å². The lowest BCUT2D eigenvalue weighted by Crippen LogP contribution is -1.90. The van der Waals surface area contributed by atoms with E-state index in [0.717, 1.165) is 24.5 Å². The van der Waals surface area contributed by atoms with Gasteiger partial charge in [-0.1, -0.05) is 19.9 Å². The molecule has 14 heavy (non-hydrogen) atoms. The molecule has 1 aromatic rings. The molecule has 0 spiro atoms. The lowest BCUT2D eigenvalue weighted by molar-refractivity contribution is 0.580. The Morgan fingerprint density at radius 1 is 1.29 bits per heavy atom. The molecule has 0 nitrogen and oxygen atoms in total. The van der Waals surface area contributed by atoms with Crippen LogP contribution < -0.4 is 0 Å². The molecule has 0 N–H and O–H groups in total. The lowest BCUT2D eigenvalue weighted by atomic mass is 10.0. The quantitative estimate of drug-likeness (QED) is 0.680. The van der Waals surface area contributed by atoms with Crippen LogP contribution in [0.15, 0.2) is 24.3 Å². The van der Waals surface area contributed by atoms with Crippen molar-refractivity contribution in [1.29, 1.82) is 0 Å². The smallest absolute Gasteiger partial charge is 0.133 e. The minimum atomic E-state index is -0.529. The second kappa shape index (κ2) is 4.89. The highest BCUT2D eigenvalue weighted by atomic mass is 19.1.